The maximum absolute atomic E-state index is 13.1. The Morgan fingerprint density at radius 3 is 2.48 bits per heavy atom. The van der Waals surface area contributed by atoms with E-state index in [1.807, 2.05) is 59.9 Å². The van der Waals surface area contributed by atoms with Crippen molar-refractivity contribution in [3.8, 4) is 0 Å². The summed E-state index contributed by atoms with van der Waals surface area (Å²) in [5.41, 5.74) is 6.45. The molecule has 1 amide bonds. The van der Waals surface area contributed by atoms with Gasteiger partial charge in [0.05, 0.1) is 28.5 Å². The van der Waals surface area contributed by atoms with Crippen LogP contribution in [0.4, 0.5) is 0 Å². The molecule has 0 aliphatic carbocycles. The molecular formula is C20H24N4O. The van der Waals surface area contributed by atoms with E-state index in [1.54, 1.807) is 4.90 Å². The Morgan fingerprint density at radius 2 is 1.84 bits per heavy atom. The summed E-state index contributed by atoms with van der Waals surface area (Å²) >= 11 is 0. The number of hydrogen-bond donors (Lipinski definition) is 1. The number of fused-ring (bicyclic) bond motifs is 1. The number of benzene rings is 1. The quantitative estimate of drug-likeness (QED) is 0.785. The summed E-state index contributed by atoms with van der Waals surface area (Å²) in [6, 6.07) is 7.97. The third-order valence-electron chi connectivity index (χ3n) is 4.90. The molecule has 3 rings (SSSR count). The first-order valence-corrected chi connectivity index (χ1v) is 8.46. The molecule has 0 bridgehead atoms. The molecule has 0 unspecified atom stereocenters. The molecule has 0 aliphatic rings. The Hall–Kier alpha value is -2.69. The minimum absolute atomic E-state index is 0.0269. The van der Waals surface area contributed by atoms with Crippen molar-refractivity contribution in [2.45, 2.75) is 40.7 Å². The Balaban J connectivity index is 1.99. The van der Waals surface area contributed by atoms with Crippen molar-refractivity contribution in [1.29, 1.82) is 0 Å². The fraction of sp³-hybridized carbons (Fsp3) is 0.350. The molecule has 1 atom stereocenters. The second-order valence-corrected chi connectivity index (χ2v) is 6.76. The second-order valence-electron chi connectivity index (χ2n) is 6.76. The summed E-state index contributed by atoms with van der Waals surface area (Å²) in [5.74, 6) is -0.0269. The fourth-order valence-electron chi connectivity index (χ4n) is 3.34. The van der Waals surface area contributed by atoms with Crippen LogP contribution in [-0.2, 0) is 0 Å². The Kier molecular flexibility index (Phi) is 4.33. The van der Waals surface area contributed by atoms with Crippen LogP contribution in [0.1, 0.15) is 51.5 Å². The Labute approximate surface area is 148 Å². The highest BCUT2D eigenvalue weighted by atomic mass is 16.2. The Morgan fingerprint density at radius 1 is 1.12 bits per heavy atom. The van der Waals surface area contributed by atoms with Gasteiger partial charge >= 0.3 is 0 Å². The average molecular weight is 336 g/mol. The van der Waals surface area contributed by atoms with E-state index in [4.69, 9.17) is 0 Å². The van der Waals surface area contributed by atoms with Gasteiger partial charge in [-0.15, -0.1) is 0 Å². The highest BCUT2D eigenvalue weighted by Crippen LogP contribution is 2.27. The van der Waals surface area contributed by atoms with Gasteiger partial charge in [0.1, 0.15) is 0 Å². The number of aromatic nitrogens is 3. The number of aromatic amines is 1. The van der Waals surface area contributed by atoms with Crippen molar-refractivity contribution in [3.63, 3.8) is 0 Å². The first-order valence-electron chi connectivity index (χ1n) is 8.46. The standard InChI is InChI=1S/C20H24N4O/c1-11-7-8-18-16(9-11)10-17(12(2)21-18)20(25)24(6)15(5)19-13(3)22-23-14(19)4/h7-10,15H,1-6H3,(H,22,23)/t15-/m1/s1. The van der Waals surface area contributed by atoms with E-state index in [0.29, 0.717) is 5.56 Å². The summed E-state index contributed by atoms with van der Waals surface area (Å²) < 4.78 is 0. The first kappa shape index (κ1) is 17.1. The molecule has 0 fully saturated rings. The van der Waals surface area contributed by atoms with Crippen molar-refractivity contribution in [2.24, 2.45) is 0 Å². The number of H-pyrrole nitrogens is 1. The zero-order valence-electron chi connectivity index (χ0n) is 15.6. The predicted octanol–water partition coefficient (Wildman–Crippen LogP) is 4.02. The van der Waals surface area contributed by atoms with Gasteiger partial charge in [-0.3, -0.25) is 14.9 Å². The molecule has 5 heteroatoms. The predicted molar refractivity (Wildman–Crippen MR) is 99.8 cm³/mol. The van der Waals surface area contributed by atoms with E-state index < -0.39 is 0 Å². The molecule has 2 heterocycles. The van der Waals surface area contributed by atoms with Gasteiger partial charge in [0, 0.05) is 23.7 Å². The second kappa shape index (κ2) is 6.31. The summed E-state index contributed by atoms with van der Waals surface area (Å²) in [4.78, 5) is 19.5. The number of nitrogens with zero attached hydrogens (tertiary/aromatic N) is 3. The molecular weight excluding hydrogens is 312 g/mol. The third-order valence-corrected chi connectivity index (χ3v) is 4.90. The molecule has 1 N–H and O–H groups in total. The fourth-order valence-corrected chi connectivity index (χ4v) is 3.34. The van der Waals surface area contributed by atoms with Gasteiger partial charge in [-0.2, -0.15) is 5.10 Å². The molecule has 130 valence electrons. The van der Waals surface area contributed by atoms with E-state index in [1.165, 1.54) is 0 Å². The van der Waals surface area contributed by atoms with Crippen LogP contribution in [0.15, 0.2) is 24.3 Å². The summed E-state index contributed by atoms with van der Waals surface area (Å²) in [6.45, 7) is 9.89. The van der Waals surface area contributed by atoms with Gasteiger partial charge < -0.3 is 4.90 Å². The van der Waals surface area contributed by atoms with Gasteiger partial charge in [0.25, 0.3) is 5.91 Å². The lowest BCUT2D eigenvalue weighted by atomic mass is 10.0. The van der Waals surface area contributed by atoms with Crippen LogP contribution < -0.4 is 0 Å². The summed E-state index contributed by atoms with van der Waals surface area (Å²) in [5, 5.41) is 8.23. The number of pyridine rings is 1. The average Bonchev–Trinajstić information content (AvgIpc) is 2.91. The molecule has 0 radical (unpaired) electrons. The molecule has 5 nitrogen and oxygen atoms in total. The summed E-state index contributed by atoms with van der Waals surface area (Å²) in [6.07, 6.45) is 0. The topological polar surface area (TPSA) is 61.9 Å². The van der Waals surface area contributed by atoms with Crippen LogP contribution in [0, 0.1) is 27.7 Å². The van der Waals surface area contributed by atoms with E-state index >= 15 is 0 Å². The number of hydrogen-bond acceptors (Lipinski definition) is 3. The zero-order valence-corrected chi connectivity index (χ0v) is 15.6. The highest BCUT2D eigenvalue weighted by Gasteiger charge is 2.24. The van der Waals surface area contributed by atoms with Crippen LogP contribution in [0.2, 0.25) is 0 Å². The molecule has 2 aromatic heterocycles. The zero-order chi connectivity index (χ0) is 18.3. The normalized spacial score (nSPS) is 12.4. The van der Waals surface area contributed by atoms with Gasteiger partial charge in [0.15, 0.2) is 0 Å². The third kappa shape index (κ3) is 3.02. The Bertz CT molecular complexity index is 938. The summed E-state index contributed by atoms with van der Waals surface area (Å²) in [7, 11) is 1.83. The van der Waals surface area contributed by atoms with Crippen molar-refractivity contribution >= 4 is 16.8 Å². The molecule has 25 heavy (non-hydrogen) atoms. The van der Waals surface area contributed by atoms with Crippen LogP contribution in [-0.4, -0.2) is 33.0 Å². The molecule has 3 aromatic rings. The number of nitrogens with one attached hydrogen (secondary N) is 1. The molecule has 0 saturated carbocycles. The monoisotopic (exact) mass is 336 g/mol. The van der Waals surface area contributed by atoms with E-state index in [2.05, 4.69) is 21.2 Å². The van der Waals surface area contributed by atoms with Crippen molar-refractivity contribution in [1.82, 2.24) is 20.1 Å². The number of amides is 1. The maximum Gasteiger partial charge on any atom is 0.255 e. The minimum atomic E-state index is -0.0705. The van der Waals surface area contributed by atoms with E-state index in [0.717, 1.165) is 39.1 Å². The molecule has 0 aliphatic heterocycles. The van der Waals surface area contributed by atoms with Crippen LogP contribution in [0.3, 0.4) is 0 Å². The molecule has 0 saturated heterocycles. The smallest absolute Gasteiger partial charge is 0.255 e. The van der Waals surface area contributed by atoms with E-state index in [-0.39, 0.29) is 11.9 Å². The lowest BCUT2D eigenvalue weighted by Gasteiger charge is -2.26. The van der Waals surface area contributed by atoms with Gasteiger partial charge in [-0.1, -0.05) is 11.6 Å². The SMILES string of the molecule is Cc1ccc2nc(C)c(C(=O)N(C)[C@H](C)c3c(C)n[nH]c3C)cc2c1. The number of carbonyl (C=O) groups excluding carboxylic acids is 1. The first-order chi connectivity index (χ1) is 11.8. The molecule has 1 aromatic carbocycles. The lowest BCUT2D eigenvalue weighted by molar-refractivity contribution is 0.0741. The van der Waals surface area contributed by atoms with Crippen LogP contribution in [0.5, 0.6) is 0 Å². The maximum atomic E-state index is 13.1. The van der Waals surface area contributed by atoms with Crippen LogP contribution >= 0.6 is 0 Å². The van der Waals surface area contributed by atoms with E-state index in [9.17, 15) is 4.79 Å². The van der Waals surface area contributed by atoms with Crippen molar-refractivity contribution in [3.05, 3.63) is 58.0 Å². The van der Waals surface area contributed by atoms with Crippen molar-refractivity contribution < 1.29 is 4.79 Å². The number of rotatable bonds is 3. The van der Waals surface area contributed by atoms with Crippen molar-refractivity contribution in [2.75, 3.05) is 7.05 Å². The minimum Gasteiger partial charge on any atom is -0.335 e. The highest BCUT2D eigenvalue weighted by molar-refractivity contribution is 5.98. The van der Waals surface area contributed by atoms with Gasteiger partial charge in [-0.05, 0) is 52.8 Å². The number of carbonyl (C=O) groups is 1. The van der Waals surface area contributed by atoms with Gasteiger partial charge in [0.2, 0.25) is 0 Å². The molecule has 0 spiro atoms. The lowest BCUT2D eigenvalue weighted by Crippen LogP contribution is -2.31. The largest absolute Gasteiger partial charge is 0.335 e. The van der Waals surface area contributed by atoms with Crippen LogP contribution in [0.25, 0.3) is 10.9 Å². The number of aryl methyl sites for hydroxylation is 4. The van der Waals surface area contributed by atoms with Gasteiger partial charge in [-0.25, -0.2) is 0 Å².